The summed E-state index contributed by atoms with van der Waals surface area (Å²) in [5.41, 5.74) is 2.43. The molecule has 0 amide bonds. The Kier molecular flexibility index (Phi) is 2.17. The molecular formula is C10H15N3. The highest BCUT2D eigenvalue weighted by Crippen LogP contribution is 2.25. The average molecular weight is 177 g/mol. The van der Waals surface area contributed by atoms with Crippen molar-refractivity contribution in [2.45, 2.75) is 32.7 Å². The smallest absolute Gasteiger partial charge is 0.115 e. The van der Waals surface area contributed by atoms with Crippen LogP contribution in [-0.4, -0.2) is 22.6 Å². The first-order valence-corrected chi connectivity index (χ1v) is 4.84. The first kappa shape index (κ1) is 8.48. The molecule has 2 rings (SSSR count). The fraction of sp³-hybridized carbons (Fsp3) is 0.600. The maximum absolute atomic E-state index is 4.30. The van der Waals surface area contributed by atoms with E-state index in [2.05, 4.69) is 28.7 Å². The number of hydrogen-bond donors (Lipinski definition) is 0. The highest BCUT2D eigenvalue weighted by molar-refractivity contribution is 5.51. The van der Waals surface area contributed by atoms with Gasteiger partial charge in [-0.1, -0.05) is 0 Å². The Morgan fingerprint density at radius 3 is 3.08 bits per heavy atom. The molecule has 0 aliphatic carbocycles. The van der Waals surface area contributed by atoms with Gasteiger partial charge in [-0.15, -0.1) is 0 Å². The van der Waals surface area contributed by atoms with Crippen molar-refractivity contribution in [3.8, 4) is 0 Å². The Hall–Kier alpha value is -1.12. The minimum Gasteiger partial charge on any atom is -0.366 e. The summed E-state index contributed by atoms with van der Waals surface area (Å²) in [5.74, 6) is 0. The summed E-state index contributed by atoms with van der Waals surface area (Å²) < 4.78 is 0. The Bertz CT molecular complexity index is 296. The number of fused-ring (bicyclic) bond motifs is 1. The van der Waals surface area contributed by atoms with Gasteiger partial charge in [-0.25, -0.2) is 9.97 Å². The molecule has 0 saturated carbocycles. The minimum absolute atomic E-state index is 0.546. The highest BCUT2D eigenvalue weighted by atomic mass is 15.2. The summed E-state index contributed by atoms with van der Waals surface area (Å²) in [4.78, 5) is 10.8. The van der Waals surface area contributed by atoms with Crippen LogP contribution in [0.25, 0.3) is 0 Å². The van der Waals surface area contributed by atoms with Crippen molar-refractivity contribution in [2.24, 2.45) is 0 Å². The van der Waals surface area contributed by atoms with E-state index in [9.17, 15) is 0 Å². The van der Waals surface area contributed by atoms with Crippen LogP contribution >= 0.6 is 0 Å². The summed E-state index contributed by atoms with van der Waals surface area (Å²) >= 11 is 0. The molecule has 13 heavy (non-hydrogen) atoms. The molecule has 0 bridgehead atoms. The van der Waals surface area contributed by atoms with Crippen molar-refractivity contribution >= 4 is 5.69 Å². The monoisotopic (exact) mass is 177 g/mol. The molecule has 0 unspecified atom stereocenters. The molecule has 3 nitrogen and oxygen atoms in total. The summed E-state index contributed by atoms with van der Waals surface area (Å²) in [6.45, 7) is 5.56. The van der Waals surface area contributed by atoms with Crippen molar-refractivity contribution in [3.05, 3.63) is 18.2 Å². The maximum atomic E-state index is 4.30. The van der Waals surface area contributed by atoms with Gasteiger partial charge in [0, 0.05) is 12.6 Å². The van der Waals surface area contributed by atoms with Gasteiger partial charge in [0.25, 0.3) is 0 Å². The molecule has 70 valence electrons. The number of aromatic nitrogens is 2. The minimum atomic E-state index is 0.546. The lowest BCUT2D eigenvalue weighted by molar-refractivity contribution is 0.614. The van der Waals surface area contributed by atoms with Crippen LogP contribution in [0.4, 0.5) is 5.69 Å². The van der Waals surface area contributed by atoms with Crippen molar-refractivity contribution in [3.63, 3.8) is 0 Å². The van der Waals surface area contributed by atoms with Gasteiger partial charge < -0.3 is 4.90 Å². The van der Waals surface area contributed by atoms with Gasteiger partial charge in [-0.3, -0.25) is 0 Å². The molecule has 0 saturated heterocycles. The van der Waals surface area contributed by atoms with Crippen LogP contribution in [0.3, 0.4) is 0 Å². The number of hydrogen-bond acceptors (Lipinski definition) is 3. The molecular weight excluding hydrogens is 162 g/mol. The molecule has 0 atom stereocenters. The normalized spacial score (nSPS) is 16.1. The molecule has 1 aliphatic heterocycles. The van der Waals surface area contributed by atoms with Crippen LogP contribution in [0.2, 0.25) is 0 Å². The van der Waals surface area contributed by atoms with E-state index >= 15 is 0 Å². The van der Waals surface area contributed by atoms with Crippen LogP contribution in [0.1, 0.15) is 26.0 Å². The van der Waals surface area contributed by atoms with Crippen LogP contribution in [-0.2, 0) is 6.42 Å². The van der Waals surface area contributed by atoms with E-state index in [1.807, 2.05) is 6.20 Å². The third kappa shape index (κ3) is 1.50. The zero-order valence-electron chi connectivity index (χ0n) is 8.20. The summed E-state index contributed by atoms with van der Waals surface area (Å²) in [7, 11) is 0. The van der Waals surface area contributed by atoms with Gasteiger partial charge in [-0.05, 0) is 26.7 Å². The molecule has 3 heteroatoms. The first-order chi connectivity index (χ1) is 6.29. The van der Waals surface area contributed by atoms with Crippen molar-refractivity contribution < 1.29 is 0 Å². The Balaban J connectivity index is 2.37. The number of anilines is 1. The van der Waals surface area contributed by atoms with Gasteiger partial charge in [-0.2, -0.15) is 0 Å². The van der Waals surface area contributed by atoms with E-state index in [4.69, 9.17) is 0 Å². The van der Waals surface area contributed by atoms with E-state index in [-0.39, 0.29) is 0 Å². The average Bonchev–Trinajstić information content (AvgIpc) is 2.17. The second kappa shape index (κ2) is 3.32. The van der Waals surface area contributed by atoms with Crippen molar-refractivity contribution in [1.29, 1.82) is 0 Å². The van der Waals surface area contributed by atoms with Crippen LogP contribution < -0.4 is 4.90 Å². The lowest BCUT2D eigenvalue weighted by Crippen LogP contribution is -2.35. The fourth-order valence-electron chi connectivity index (χ4n) is 1.85. The third-order valence-corrected chi connectivity index (χ3v) is 2.52. The molecule has 0 radical (unpaired) electrons. The standard InChI is InChI=1S/C10H15N3/c1-8(2)13-5-3-4-9-10(13)6-11-7-12-9/h6-8H,3-5H2,1-2H3. The molecule has 0 fully saturated rings. The number of aryl methyl sites for hydroxylation is 1. The second-order valence-electron chi connectivity index (χ2n) is 3.75. The van der Waals surface area contributed by atoms with E-state index in [1.165, 1.54) is 17.8 Å². The van der Waals surface area contributed by atoms with Gasteiger partial charge >= 0.3 is 0 Å². The zero-order valence-corrected chi connectivity index (χ0v) is 8.20. The fourth-order valence-corrected chi connectivity index (χ4v) is 1.85. The largest absolute Gasteiger partial charge is 0.366 e. The molecule has 0 N–H and O–H groups in total. The van der Waals surface area contributed by atoms with Crippen LogP contribution in [0, 0.1) is 0 Å². The Labute approximate surface area is 78.8 Å². The molecule has 0 spiro atoms. The molecule has 0 aromatic carbocycles. The Morgan fingerprint density at radius 2 is 2.31 bits per heavy atom. The van der Waals surface area contributed by atoms with Crippen LogP contribution in [0.5, 0.6) is 0 Å². The van der Waals surface area contributed by atoms with Gasteiger partial charge in [0.2, 0.25) is 0 Å². The summed E-state index contributed by atoms with van der Waals surface area (Å²) in [5, 5.41) is 0. The van der Waals surface area contributed by atoms with Crippen molar-refractivity contribution in [2.75, 3.05) is 11.4 Å². The molecule has 2 heterocycles. The predicted molar refractivity (Wildman–Crippen MR) is 52.8 cm³/mol. The number of rotatable bonds is 1. The van der Waals surface area contributed by atoms with Gasteiger partial charge in [0.05, 0.1) is 17.6 Å². The zero-order chi connectivity index (χ0) is 9.26. The summed E-state index contributed by atoms with van der Waals surface area (Å²) in [6, 6.07) is 0.546. The van der Waals surface area contributed by atoms with Crippen molar-refractivity contribution in [1.82, 2.24) is 9.97 Å². The first-order valence-electron chi connectivity index (χ1n) is 4.84. The Morgan fingerprint density at radius 1 is 1.46 bits per heavy atom. The lowest BCUT2D eigenvalue weighted by atomic mass is 10.1. The summed E-state index contributed by atoms with van der Waals surface area (Å²) in [6.07, 6.45) is 5.88. The van der Waals surface area contributed by atoms with E-state index < -0.39 is 0 Å². The lowest BCUT2D eigenvalue weighted by Gasteiger charge is -2.33. The van der Waals surface area contributed by atoms with E-state index in [0.29, 0.717) is 6.04 Å². The SMILES string of the molecule is CC(C)N1CCCc2ncncc21. The molecule has 1 aliphatic rings. The molecule has 1 aromatic rings. The maximum Gasteiger partial charge on any atom is 0.115 e. The van der Waals surface area contributed by atoms with Crippen LogP contribution in [0.15, 0.2) is 12.5 Å². The number of nitrogens with zero attached hydrogens (tertiary/aromatic N) is 3. The topological polar surface area (TPSA) is 29.0 Å². The molecule has 1 aromatic heterocycles. The highest BCUT2D eigenvalue weighted by Gasteiger charge is 2.19. The quantitative estimate of drug-likeness (QED) is 0.653. The third-order valence-electron chi connectivity index (χ3n) is 2.52. The van der Waals surface area contributed by atoms with Gasteiger partial charge in [0.15, 0.2) is 0 Å². The van der Waals surface area contributed by atoms with E-state index in [0.717, 1.165) is 13.0 Å². The second-order valence-corrected chi connectivity index (χ2v) is 3.75. The predicted octanol–water partition coefficient (Wildman–Crippen LogP) is 1.64. The van der Waals surface area contributed by atoms with Gasteiger partial charge in [0.1, 0.15) is 6.33 Å². The van der Waals surface area contributed by atoms with E-state index in [1.54, 1.807) is 6.33 Å².